The number of allylic oxidation sites excluding steroid dienone is 1. The van der Waals surface area contributed by atoms with E-state index >= 15 is 0 Å². The molecule has 0 bridgehead atoms. The maximum Gasteiger partial charge on any atom is 0.0584 e. The van der Waals surface area contributed by atoms with Gasteiger partial charge in [-0.25, -0.2) is 0 Å². The van der Waals surface area contributed by atoms with Crippen molar-refractivity contribution in [2.45, 2.75) is 6.92 Å². The van der Waals surface area contributed by atoms with Crippen LogP contribution in [0.25, 0.3) is 0 Å². The molecule has 0 amide bonds. The van der Waals surface area contributed by atoms with Crippen LogP contribution in [0.1, 0.15) is 6.92 Å². The van der Waals surface area contributed by atoms with Crippen molar-refractivity contribution >= 4 is 21.6 Å². The van der Waals surface area contributed by atoms with Crippen molar-refractivity contribution in [1.82, 2.24) is 0 Å². The highest BCUT2D eigenvalue weighted by atomic mass is 33.2. The Morgan fingerprint density at radius 2 is 2.20 bits per heavy atom. The van der Waals surface area contributed by atoms with Gasteiger partial charge in [0.2, 0.25) is 0 Å². The van der Waals surface area contributed by atoms with Gasteiger partial charge in [-0.3, -0.25) is 0 Å². The fourth-order valence-corrected chi connectivity index (χ4v) is 1.08. The summed E-state index contributed by atoms with van der Waals surface area (Å²) in [5.41, 5.74) is 0. The van der Waals surface area contributed by atoms with Gasteiger partial charge in [0.25, 0.3) is 0 Å². The van der Waals surface area contributed by atoms with Crippen LogP contribution in [-0.4, -0.2) is 0 Å². The Kier molecular flexibility index (Phi) is 0.918. The fraction of sp³-hybridized carbons (Fsp3) is 0.333. The highest BCUT2D eigenvalue weighted by molar-refractivity contribution is 8.96. The first kappa shape index (κ1) is 3.62. The van der Waals surface area contributed by atoms with E-state index in [2.05, 4.69) is 13.0 Å². The molecule has 0 saturated carbocycles. The summed E-state index contributed by atoms with van der Waals surface area (Å²) in [4.78, 5) is 0. The molecular weight excluding hydrogens is 100 g/mol. The van der Waals surface area contributed by atoms with Crippen molar-refractivity contribution < 1.29 is 0 Å². The highest BCUT2D eigenvalue weighted by Gasteiger charge is 2.10. The maximum atomic E-state index is 2.12. The van der Waals surface area contributed by atoms with E-state index in [1.54, 1.807) is 0 Å². The van der Waals surface area contributed by atoms with Gasteiger partial charge in [0, 0.05) is 0 Å². The zero-order valence-electron chi connectivity index (χ0n) is 2.89. The average molecular weight is 104 g/mol. The Balaban J connectivity index is 2.46. The molecule has 0 N–H and O–H groups in total. The molecule has 2 heteroatoms. The fourth-order valence-electron chi connectivity index (χ4n) is 0.120. The van der Waals surface area contributed by atoms with Crippen LogP contribution in [0.2, 0.25) is 0 Å². The number of hydrogen-bond acceptors (Lipinski definition) is 2. The van der Waals surface area contributed by atoms with Crippen molar-refractivity contribution in [2.75, 3.05) is 0 Å². The average Bonchev–Trinajstić information content (AvgIpc) is 2.12. The highest BCUT2D eigenvalue weighted by Crippen LogP contribution is 2.57. The lowest BCUT2D eigenvalue weighted by Gasteiger charge is -1.47. The summed E-state index contributed by atoms with van der Waals surface area (Å²) in [6.07, 6.45) is 2.12. The van der Waals surface area contributed by atoms with Crippen LogP contribution in [0.3, 0.4) is 0 Å². The van der Waals surface area contributed by atoms with E-state index in [1.165, 1.54) is 4.24 Å². The summed E-state index contributed by atoms with van der Waals surface area (Å²) < 4.78 is 1.46. The monoisotopic (exact) mass is 104 g/mol. The maximum absolute atomic E-state index is 2.12. The third-order valence-electron chi connectivity index (χ3n) is 0.415. The zero-order valence-corrected chi connectivity index (χ0v) is 4.53. The SMILES string of the molecule is CC=C1SS1. The summed E-state index contributed by atoms with van der Waals surface area (Å²) in [6, 6.07) is 0. The molecule has 28 valence electrons. The Morgan fingerprint density at radius 1 is 1.60 bits per heavy atom. The van der Waals surface area contributed by atoms with Gasteiger partial charge in [0.1, 0.15) is 0 Å². The van der Waals surface area contributed by atoms with Gasteiger partial charge in [0.05, 0.1) is 4.24 Å². The van der Waals surface area contributed by atoms with E-state index in [0.717, 1.165) is 0 Å². The van der Waals surface area contributed by atoms with Gasteiger partial charge in [-0.15, -0.1) is 0 Å². The minimum Gasteiger partial charge on any atom is -0.0658 e. The molecule has 0 aromatic heterocycles. The van der Waals surface area contributed by atoms with Crippen molar-refractivity contribution in [1.29, 1.82) is 0 Å². The minimum absolute atomic E-state index is 1.46. The molecule has 0 aromatic carbocycles. The largest absolute Gasteiger partial charge is 0.0658 e. The summed E-state index contributed by atoms with van der Waals surface area (Å²) >= 11 is 0. The van der Waals surface area contributed by atoms with Gasteiger partial charge >= 0.3 is 0 Å². The molecule has 5 heavy (non-hydrogen) atoms. The number of hydrogen-bond donors (Lipinski definition) is 0. The van der Waals surface area contributed by atoms with Crippen molar-refractivity contribution in [3.8, 4) is 0 Å². The molecule has 1 rings (SSSR count). The predicted molar refractivity (Wildman–Crippen MR) is 28.9 cm³/mol. The molecule has 0 aliphatic carbocycles. The van der Waals surface area contributed by atoms with E-state index in [-0.39, 0.29) is 0 Å². The van der Waals surface area contributed by atoms with Crippen LogP contribution in [0.4, 0.5) is 0 Å². The Hall–Kier alpha value is 0.440. The molecule has 0 nitrogen and oxygen atoms in total. The summed E-state index contributed by atoms with van der Waals surface area (Å²) in [7, 11) is 3.69. The van der Waals surface area contributed by atoms with Gasteiger partial charge in [0.15, 0.2) is 0 Å². The predicted octanol–water partition coefficient (Wildman–Crippen LogP) is 2.24. The normalized spacial score (nSPS) is 19.0. The Bertz CT molecular complexity index is 59.3. The van der Waals surface area contributed by atoms with E-state index < -0.39 is 0 Å². The number of rotatable bonds is 0. The van der Waals surface area contributed by atoms with E-state index in [9.17, 15) is 0 Å². The van der Waals surface area contributed by atoms with Crippen LogP contribution in [-0.2, 0) is 0 Å². The van der Waals surface area contributed by atoms with Crippen LogP contribution < -0.4 is 0 Å². The van der Waals surface area contributed by atoms with Gasteiger partial charge < -0.3 is 0 Å². The van der Waals surface area contributed by atoms with E-state index in [4.69, 9.17) is 0 Å². The summed E-state index contributed by atoms with van der Waals surface area (Å²) in [5.74, 6) is 0. The third-order valence-corrected chi connectivity index (χ3v) is 2.32. The van der Waals surface area contributed by atoms with Crippen LogP contribution in [0, 0.1) is 0 Å². The molecule has 1 heterocycles. The van der Waals surface area contributed by atoms with Crippen molar-refractivity contribution in [2.24, 2.45) is 0 Å². The Labute approximate surface area is 39.4 Å². The van der Waals surface area contributed by atoms with Crippen LogP contribution in [0.5, 0.6) is 0 Å². The van der Waals surface area contributed by atoms with Gasteiger partial charge in [-0.1, -0.05) is 6.08 Å². The molecule has 1 saturated heterocycles. The first-order chi connectivity index (χ1) is 2.43. The lowest BCUT2D eigenvalue weighted by molar-refractivity contribution is 1.78. The lowest BCUT2D eigenvalue weighted by atomic mass is 10.8. The standard InChI is InChI=1S/C3H4S2/c1-2-3-4-5-3/h2H,1H3. The molecule has 1 aliphatic heterocycles. The minimum atomic E-state index is 1.46. The molecule has 0 atom stereocenters. The molecule has 0 aromatic rings. The van der Waals surface area contributed by atoms with Crippen molar-refractivity contribution in [3.63, 3.8) is 0 Å². The second-order valence-electron chi connectivity index (χ2n) is 0.774. The summed E-state index contributed by atoms with van der Waals surface area (Å²) in [6.45, 7) is 2.06. The van der Waals surface area contributed by atoms with Crippen LogP contribution in [0.15, 0.2) is 10.3 Å². The second-order valence-corrected chi connectivity index (χ2v) is 3.25. The first-order valence-electron chi connectivity index (χ1n) is 1.44. The molecule has 0 spiro atoms. The summed E-state index contributed by atoms with van der Waals surface area (Å²) in [5, 5.41) is 0. The lowest BCUT2D eigenvalue weighted by Crippen LogP contribution is -1.25. The molecule has 1 aliphatic rings. The molecule has 0 radical (unpaired) electrons. The quantitative estimate of drug-likeness (QED) is 0.341. The van der Waals surface area contributed by atoms with Crippen LogP contribution >= 0.6 is 21.6 Å². The van der Waals surface area contributed by atoms with E-state index in [0.29, 0.717) is 0 Å². The van der Waals surface area contributed by atoms with Gasteiger partial charge in [-0.05, 0) is 28.5 Å². The smallest absolute Gasteiger partial charge is 0.0584 e. The topological polar surface area (TPSA) is 0 Å². The van der Waals surface area contributed by atoms with Crippen molar-refractivity contribution in [3.05, 3.63) is 10.3 Å². The Morgan fingerprint density at radius 3 is 2.20 bits per heavy atom. The third kappa shape index (κ3) is 0.893. The van der Waals surface area contributed by atoms with Gasteiger partial charge in [-0.2, -0.15) is 0 Å². The second kappa shape index (κ2) is 1.27. The molecule has 1 fully saturated rings. The zero-order chi connectivity index (χ0) is 3.70. The van der Waals surface area contributed by atoms with E-state index in [1.807, 2.05) is 21.6 Å². The first-order valence-corrected chi connectivity index (χ1v) is 3.59. The molecular formula is C3H4S2. The molecule has 0 unspecified atom stereocenters.